The molecule has 0 amide bonds. The Balaban J connectivity index is 0.909. The van der Waals surface area contributed by atoms with E-state index in [4.69, 9.17) is 4.42 Å². The van der Waals surface area contributed by atoms with E-state index in [0.29, 0.717) is 0 Å². The highest BCUT2D eigenvalue weighted by Crippen LogP contribution is 2.41. The van der Waals surface area contributed by atoms with E-state index >= 15 is 0 Å². The third-order valence-electron chi connectivity index (χ3n) is 12.2. The SMILES string of the molecule is c1ccc(-n2c3ccccc3c3ccccc32)c(-c2ccc(N(c3ccc(-c4ccc(-c5cccc6oc7ccccc7c56)cc4)cc3)c3ccc4ccccc4c3)cc2)c1. The van der Waals surface area contributed by atoms with Gasteiger partial charge in [0, 0.05) is 44.2 Å². The minimum Gasteiger partial charge on any atom is -0.456 e. The van der Waals surface area contributed by atoms with E-state index in [9.17, 15) is 0 Å². The normalized spacial score (nSPS) is 11.6. The first kappa shape index (κ1) is 34.9. The van der Waals surface area contributed by atoms with Gasteiger partial charge >= 0.3 is 0 Å². The zero-order chi connectivity index (χ0) is 40.3. The maximum atomic E-state index is 6.19. The van der Waals surface area contributed by atoms with Gasteiger partial charge in [0.25, 0.3) is 0 Å². The standard InChI is InChI=1S/C58H38N2O/c1-2-13-44-38-47(37-30-39(44)12-1)59(45-33-28-41(29-34-45)40-24-26-43(27-25-40)49-18-11-23-57-58(49)52-17-6-10-22-56(52)61-57)46-35-31-42(32-36-46)48-14-3-7-19-53(48)60-54-20-8-4-15-50(54)51-16-5-9-21-55(51)60/h1-38H. The van der Waals surface area contributed by atoms with Crippen LogP contribution in [0.25, 0.3) is 93.6 Å². The fraction of sp³-hybridized carbons (Fsp3) is 0. The van der Waals surface area contributed by atoms with Crippen molar-refractivity contribution < 1.29 is 4.42 Å². The number of benzene rings is 10. The molecule has 0 saturated carbocycles. The van der Waals surface area contributed by atoms with Crippen LogP contribution in [0.5, 0.6) is 0 Å². The number of aromatic nitrogens is 1. The van der Waals surface area contributed by atoms with Gasteiger partial charge in [-0.2, -0.15) is 0 Å². The molecule has 0 N–H and O–H groups in total. The molecule has 0 radical (unpaired) electrons. The van der Waals surface area contributed by atoms with Crippen LogP contribution in [-0.2, 0) is 0 Å². The van der Waals surface area contributed by atoms with Gasteiger partial charge in [0.1, 0.15) is 11.2 Å². The number of fused-ring (bicyclic) bond motifs is 7. The quantitative estimate of drug-likeness (QED) is 0.161. The first-order valence-corrected chi connectivity index (χ1v) is 20.8. The van der Waals surface area contributed by atoms with Crippen LogP contribution < -0.4 is 4.90 Å². The summed E-state index contributed by atoms with van der Waals surface area (Å²) in [6, 6.07) is 82.9. The van der Waals surface area contributed by atoms with Crippen LogP contribution in [-0.4, -0.2) is 4.57 Å². The zero-order valence-corrected chi connectivity index (χ0v) is 33.2. The summed E-state index contributed by atoms with van der Waals surface area (Å²) in [5.74, 6) is 0. The first-order chi connectivity index (χ1) is 30.2. The summed E-state index contributed by atoms with van der Waals surface area (Å²) in [6.45, 7) is 0. The molecule has 0 saturated heterocycles. The molecule has 3 nitrogen and oxygen atoms in total. The van der Waals surface area contributed by atoms with Crippen molar-refractivity contribution in [3.63, 3.8) is 0 Å². The lowest BCUT2D eigenvalue weighted by molar-refractivity contribution is 0.669. The number of para-hydroxylation sites is 4. The molecule has 12 rings (SSSR count). The predicted molar refractivity (Wildman–Crippen MR) is 257 cm³/mol. The average Bonchev–Trinajstić information content (AvgIpc) is 3.88. The van der Waals surface area contributed by atoms with Gasteiger partial charge < -0.3 is 13.9 Å². The summed E-state index contributed by atoms with van der Waals surface area (Å²) >= 11 is 0. The molecule has 0 bridgehead atoms. The largest absolute Gasteiger partial charge is 0.456 e. The lowest BCUT2D eigenvalue weighted by atomic mass is 9.97. The lowest BCUT2D eigenvalue weighted by Gasteiger charge is -2.26. The fourth-order valence-corrected chi connectivity index (χ4v) is 9.31. The van der Waals surface area contributed by atoms with E-state index in [-0.39, 0.29) is 0 Å². The predicted octanol–water partition coefficient (Wildman–Crippen LogP) is 16.3. The summed E-state index contributed by atoms with van der Waals surface area (Å²) < 4.78 is 8.60. The molecule has 0 spiro atoms. The lowest BCUT2D eigenvalue weighted by Crippen LogP contribution is -2.10. The van der Waals surface area contributed by atoms with Gasteiger partial charge in [0.2, 0.25) is 0 Å². The summed E-state index contributed by atoms with van der Waals surface area (Å²) in [5, 5.41) is 7.24. The van der Waals surface area contributed by atoms with Crippen LogP contribution in [0, 0.1) is 0 Å². The van der Waals surface area contributed by atoms with E-state index in [1.807, 2.05) is 12.1 Å². The van der Waals surface area contributed by atoms with E-state index in [0.717, 1.165) is 55.8 Å². The fourth-order valence-electron chi connectivity index (χ4n) is 9.31. The Morgan fingerprint density at radius 2 is 0.820 bits per heavy atom. The van der Waals surface area contributed by atoms with Gasteiger partial charge in [-0.05, 0) is 105 Å². The van der Waals surface area contributed by atoms with Crippen LogP contribution in [0.4, 0.5) is 17.1 Å². The molecule has 3 heteroatoms. The Morgan fingerprint density at radius 3 is 1.54 bits per heavy atom. The Bertz CT molecular complexity index is 3520. The second kappa shape index (κ2) is 14.3. The molecule has 0 fully saturated rings. The minimum atomic E-state index is 0.910. The molecule has 0 aliphatic carbocycles. The third-order valence-corrected chi connectivity index (χ3v) is 12.2. The zero-order valence-electron chi connectivity index (χ0n) is 33.2. The van der Waals surface area contributed by atoms with Crippen LogP contribution in [0.1, 0.15) is 0 Å². The third kappa shape index (κ3) is 5.90. The highest BCUT2D eigenvalue weighted by molar-refractivity contribution is 6.12. The van der Waals surface area contributed by atoms with Crippen molar-refractivity contribution in [3.8, 4) is 39.1 Å². The van der Waals surface area contributed by atoms with Gasteiger partial charge in [0.15, 0.2) is 0 Å². The Morgan fingerprint density at radius 1 is 0.328 bits per heavy atom. The highest BCUT2D eigenvalue weighted by atomic mass is 16.3. The first-order valence-electron chi connectivity index (χ1n) is 20.8. The van der Waals surface area contributed by atoms with E-state index in [2.05, 4.69) is 228 Å². The minimum absolute atomic E-state index is 0.910. The van der Waals surface area contributed by atoms with Gasteiger partial charge in [-0.15, -0.1) is 0 Å². The highest BCUT2D eigenvalue weighted by Gasteiger charge is 2.18. The monoisotopic (exact) mass is 778 g/mol. The summed E-state index contributed by atoms with van der Waals surface area (Å²) in [4.78, 5) is 2.36. The van der Waals surface area contributed by atoms with Crippen LogP contribution in [0.2, 0.25) is 0 Å². The molecule has 286 valence electrons. The number of hydrogen-bond acceptors (Lipinski definition) is 2. The maximum Gasteiger partial charge on any atom is 0.136 e. The topological polar surface area (TPSA) is 21.3 Å². The van der Waals surface area contributed by atoms with Crippen LogP contribution >= 0.6 is 0 Å². The Labute approximate surface area is 353 Å². The smallest absolute Gasteiger partial charge is 0.136 e. The van der Waals surface area contributed by atoms with Crippen molar-refractivity contribution in [2.75, 3.05) is 4.90 Å². The molecule has 0 atom stereocenters. The van der Waals surface area contributed by atoms with E-state index in [1.165, 1.54) is 54.8 Å². The molecule has 12 aromatic rings. The molecular formula is C58H38N2O. The number of furan rings is 1. The molecule has 61 heavy (non-hydrogen) atoms. The number of nitrogens with zero attached hydrogens (tertiary/aromatic N) is 2. The molecule has 2 heterocycles. The number of anilines is 3. The molecular weight excluding hydrogens is 741 g/mol. The summed E-state index contributed by atoms with van der Waals surface area (Å²) in [7, 11) is 0. The second-order valence-electron chi connectivity index (χ2n) is 15.7. The van der Waals surface area contributed by atoms with Gasteiger partial charge in [-0.3, -0.25) is 0 Å². The van der Waals surface area contributed by atoms with E-state index in [1.54, 1.807) is 0 Å². The summed E-state index contributed by atoms with van der Waals surface area (Å²) in [5.41, 5.74) is 15.7. The van der Waals surface area contributed by atoms with Crippen molar-refractivity contribution in [2.24, 2.45) is 0 Å². The molecule has 2 aromatic heterocycles. The summed E-state index contributed by atoms with van der Waals surface area (Å²) in [6.07, 6.45) is 0. The number of hydrogen-bond donors (Lipinski definition) is 0. The average molecular weight is 779 g/mol. The van der Waals surface area contributed by atoms with E-state index < -0.39 is 0 Å². The van der Waals surface area contributed by atoms with Gasteiger partial charge in [-0.25, -0.2) is 0 Å². The van der Waals surface area contributed by atoms with Gasteiger partial charge in [0.05, 0.1) is 16.7 Å². The van der Waals surface area contributed by atoms with Gasteiger partial charge in [-0.1, -0.05) is 164 Å². The maximum absolute atomic E-state index is 6.19. The van der Waals surface area contributed by atoms with Crippen molar-refractivity contribution in [2.45, 2.75) is 0 Å². The Hall–Kier alpha value is -8.14. The molecule has 0 unspecified atom stereocenters. The van der Waals surface area contributed by atoms with Crippen LogP contribution in [0.15, 0.2) is 235 Å². The Kier molecular flexibility index (Phi) is 8.17. The number of rotatable bonds is 7. The van der Waals surface area contributed by atoms with Crippen molar-refractivity contribution in [3.05, 3.63) is 231 Å². The van der Waals surface area contributed by atoms with Crippen molar-refractivity contribution in [1.82, 2.24) is 4.57 Å². The molecule has 10 aromatic carbocycles. The second-order valence-corrected chi connectivity index (χ2v) is 15.7. The molecule has 0 aliphatic heterocycles. The van der Waals surface area contributed by atoms with Crippen LogP contribution in [0.3, 0.4) is 0 Å². The van der Waals surface area contributed by atoms with Crippen molar-refractivity contribution >= 4 is 71.6 Å². The molecule has 0 aliphatic rings. The van der Waals surface area contributed by atoms with Crippen molar-refractivity contribution in [1.29, 1.82) is 0 Å².